The Hall–Kier alpha value is -0.870. The summed E-state index contributed by atoms with van der Waals surface area (Å²) >= 11 is 1.73. The number of rotatable bonds is 6. The van der Waals surface area contributed by atoms with Gasteiger partial charge in [0.05, 0.1) is 6.54 Å². The lowest BCUT2D eigenvalue weighted by Crippen LogP contribution is -2.36. The molecule has 0 fully saturated rings. The third kappa shape index (κ3) is 4.88. The molecular formula is C13H22N2OS. The van der Waals surface area contributed by atoms with E-state index in [9.17, 15) is 4.79 Å². The van der Waals surface area contributed by atoms with Crippen LogP contribution >= 0.6 is 11.3 Å². The van der Waals surface area contributed by atoms with Gasteiger partial charge in [-0.05, 0) is 36.8 Å². The summed E-state index contributed by atoms with van der Waals surface area (Å²) in [7, 11) is 0. The quantitative estimate of drug-likeness (QED) is 0.819. The summed E-state index contributed by atoms with van der Waals surface area (Å²) in [6.07, 6.45) is 0. The molecule has 1 aromatic rings. The van der Waals surface area contributed by atoms with E-state index < -0.39 is 0 Å². The number of carbonyl (C=O) groups excluding carboxylic acids is 1. The van der Waals surface area contributed by atoms with Crippen LogP contribution in [0.25, 0.3) is 0 Å². The van der Waals surface area contributed by atoms with E-state index in [0.717, 1.165) is 6.54 Å². The van der Waals surface area contributed by atoms with Crippen LogP contribution in [0.3, 0.4) is 0 Å². The first-order valence-corrected chi connectivity index (χ1v) is 6.92. The van der Waals surface area contributed by atoms with E-state index in [4.69, 9.17) is 0 Å². The predicted octanol–water partition coefficient (Wildman–Crippen LogP) is 2.48. The van der Waals surface area contributed by atoms with Crippen LogP contribution in [0.2, 0.25) is 0 Å². The van der Waals surface area contributed by atoms with Crippen LogP contribution in [-0.4, -0.2) is 19.0 Å². The zero-order chi connectivity index (χ0) is 12.8. The van der Waals surface area contributed by atoms with Gasteiger partial charge in [0, 0.05) is 17.5 Å². The Labute approximate surface area is 108 Å². The van der Waals surface area contributed by atoms with Crippen molar-refractivity contribution in [3.8, 4) is 0 Å². The van der Waals surface area contributed by atoms with Gasteiger partial charge in [-0.15, -0.1) is 11.3 Å². The predicted molar refractivity (Wildman–Crippen MR) is 73.3 cm³/mol. The van der Waals surface area contributed by atoms with Gasteiger partial charge in [-0.25, -0.2) is 0 Å². The highest BCUT2D eigenvalue weighted by Crippen LogP contribution is 2.22. The molecule has 4 heteroatoms. The van der Waals surface area contributed by atoms with Gasteiger partial charge in [0.25, 0.3) is 0 Å². The fourth-order valence-electron chi connectivity index (χ4n) is 1.55. The molecule has 0 bridgehead atoms. The number of amides is 1. The lowest BCUT2D eigenvalue weighted by Gasteiger charge is -2.14. The fraction of sp³-hybridized carbons (Fsp3) is 0.615. The van der Waals surface area contributed by atoms with Gasteiger partial charge in [-0.3, -0.25) is 4.79 Å². The van der Waals surface area contributed by atoms with Crippen molar-refractivity contribution in [3.05, 3.63) is 21.9 Å². The molecule has 1 rings (SSSR count). The summed E-state index contributed by atoms with van der Waals surface area (Å²) in [6.45, 7) is 9.49. The number of nitrogens with one attached hydrogen (secondary N) is 2. The van der Waals surface area contributed by atoms with Crippen molar-refractivity contribution in [1.82, 2.24) is 10.6 Å². The van der Waals surface area contributed by atoms with Crippen LogP contribution in [0.15, 0.2) is 11.4 Å². The summed E-state index contributed by atoms with van der Waals surface area (Å²) in [5.41, 5.74) is 1.29. The van der Waals surface area contributed by atoms with Gasteiger partial charge in [0.15, 0.2) is 0 Å². The Bertz CT molecular complexity index is 360. The van der Waals surface area contributed by atoms with Gasteiger partial charge >= 0.3 is 0 Å². The van der Waals surface area contributed by atoms with Gasteiger partial charge in [0.1, 0.15) is 0 Å². The Morgan fingerprint density at radius 2 is 2.12 bits per heavy atom. The molecule has 0 saturated carbocycles. The van der Waals surface area contributed by atoms with Gasteiger partial charge in [0.2, 0.25) is 5.91 Å². The first kappa shape index (κ1) is 14.2. The minimum atomic E-state index is 0.0692. The Morgan fingerprint density at radius 3 is 2.65 bits per heavy atom. The number of hydrogen-bond acceptors (Lipinski definition) is 3. The molecule has 1 amide bonds. The molecule has 0 aliphatic rings. The summed E-state index contributed by atoms with van der Waals surface area (Å²) in [5.74, 6) is 0.565. The largest absolute Gasteiger partial charge is 0.355 e. The van der Waals surface area contributed by atoms with Crippen LogP contribution in [0.4, 0.5) is 0 Å². The fourth-order valence-corrected chi connectivity index (χ4v) is 2.51. The van der Waals surface area contributed by atoms with E-state index in [0.29, 0.717) is 12.5 Å². The number of thiophene rings is 1. The molecule has 0 saturated heterocycles. The lowest BCUT2D eigenvalue weighted by molar-refractivity contribution is -0.120. The van der Waals surface area contributed by atoms with Crippen LogP contribution in [-0.2, 0) is 4.79 Å². The van der Waals surface area contributed by atoms with E-state index in [1.165, 1.54) is 10.4 Å². The van der Waals surface area contributed by atoms with Crippen molar-refractivity contribution in [2.24, 2.45) is 5.92 Å². The van der Waals surface area contributed by atoms with Crippen LogP contribution < -0.4 is 10.6 Å². The van der Waals surface area contributed by atoms with Crippen LogP contribution in [0.5, 0.6) is 0 Å². The molecule has 0 spiro atoms. The Balaban J connectivity index is 2.31. The summed E-state index contributed by atoms with van der Waals surface area (Å²) in [5, 5.41) is 8.23. The molecule has 1 atom stereocenters. The number of hydrogen-bond donors (Lipinski definition) is 2. The van der Waals surface area contributed by atoms with E-state index >= 15 is 0 Å². The second-order valence-electron chi connectivity index (χ2n) is 4.77. The maximum atomic E-state index is 11.5. The average molecular weight is 254 g/mol. The lowest BCUT2D eigenvalue weighted by atomic mass is 10.2. The first-order chi connectivity index (χ1) is 8.00. The maximum Gasteiger partial charge on any atom is 0.233 e. The SMILES string of the molecule is Cc1ccsc1C(C)NCC(=O)NCC(C)C. The first-order valence-electron chi connectivity index (χ1n) is 6.04. The van der Waals surface area contributed by atoms with Crippen molar-refractivity contribution in [2.75, 3.05) is 13.1 Å². The molecule has 0 radical (unpaired) electrons. The van der Waals surface area contributed by atoms with Crippen LogP contribution in [0.1, 0.15) is 37.3 Å². The van der Waals surface area contributed by atoms with Crippen molar-refractivity contribution >= 4 is 17.2 Å². The molecule has 3 nitrogen and oxygen atoms in total. The summed E-state index contributed by atoms with van der Waals surface area (Å²) < 4.78 is 0. The third-order valence-electron chi connectivity index (χ3n) is 2.57. The minimum Gasteiger partial charge on any atom is -0.355 e. The standard InChI is InChI=1S/C13H22N2OS/c1-9(2)7-15-12(16)8-14-11(4)13-10(3)5-6-17-13/h5-6,9,11,14H,7-8H2,1-4H3,(H,15,16). The van der Waals surface area contributed by atoms with Crippen molar-refractivity contribution < 1.29 is 4.79 Å². The Morgan fingerprint density at radius 1 is 1.41 bits per heavy atom. The summed E-state index contributed by atoms with van der Waals surface area (Å²) in [6, 6.07) is 2.34. The van der Waals surface area contributed by atoms with Gasteiger partial charge in [-0.1, -0.05) is 13.8 Å². The second-order valence-corrected chi connectivity index (χ2v) is 5.72. The third-order valence-corrected chi connectivity index (χ3v) is 3.77. The summed E-state index contributed by atoms with van der Waals surface area (Å²) in [4.78, 5) is 12.8. The molecule has 17 heavy (non-hydrogen) atoms. The second kappa shape index (κ2) is 6.77. The van der Waals surface area contributed by atoms with Gasteiger partial charge < -0.3 is 10.6 Å². The highest BCUT2D eigenvalue weighted by Gasteiger charge is 2.10. The molecule has 1 heterocycles. The molecule has 0 aliphatic carbocycles. The smallest absolute Gasteiger partial charge is 0.233 e. The average Bonchev–Trinajstić information content (AvgIpc) is 2.69. The molecule has 96 valence electrons. The number of carbonyl (C=O) groups is 1. The monoisotopic (exact) mass is 254 g/mol. The van der Waals surface area contributed by atoms with E-state index in [1.54, 1.807) is 11.3 Å². The van der Waals surface area contributed by atoms with Crippen molar-refractivity contribution in [3.63, 3.8) is 0 Å². The van der Waals surface area contributed by atoms with Crippen molar-refractivity contribution in [2.45, 2.75) is 33.7 Å². The zero-order valence-corrected chi connectivity index (χ0v) is 11.9. The Kier molecular flexibility index (Phi) is 5.65. The van der Waals surface area contributed by atoms with E-state index in [-0.39, 0.29) is 11.9 Å². The normalized spacial score (nSPS) is 12.8. The zero-order valence-electron chi connectivity index (χ0n) is 11.0. The van der Waals surface area contributed by atoms with E-state index in [2.05, 4.69) is 49.8 Å². The molecule has 2 N–H and O–H groups in total. The maximum absolute atomic E-state index is 11.5. The minimum absolute atomic E-state index is 0.0692. The highest BCUT2D eigenvalue weighted by molar-refractivity contribution is 7.10. The van der Waals surface area contributed by atoms with E-state index in [1.807, 2.05) is 0 Å². The molecule has 1 unspecified atom stereocenters. The highest BCUT2D eigenvalue weighted by atomic mass is 32.1. The topological polar surface area (TPSA) is 41.1 Å². The number of aryl methyl sites for hydroxylation is 1. The van der Waals surface area contributed by atoms with Gasteiger partial charge in [-0.2, -0.15) is 0 Å². The molecule has 0 aliphatic heterocycles. The molecule has 1 aromatic heterocycles. The molecule has 0 aromatic carbocycles. The molecular weight excluding hydrogens is 232 g/mol. The van der Waals surface area contributed by atoms with Crippen molar-refractivity contribution in [1.29, 1.82) is 0 Å². The van der Waals surface area contributed by atoms with Crippen LogP contribution in [0, 0.1) is 12.8 Å².